The fraction of sp³-hybridized carbons (Fsp3) is 0.767. The van der Waals surface area contributed by atoms with Crippen LogP contribution in [0.25, 0.3) is 0 Å². The van der Waals surface area contributed by atoms with Crippen molar-refractivity contribution in [1.82, 2.24) is 106 Å². The molecule has 0 aromatic heterocycles. The number of nitrogens with two attached hydrogens (primary N) is 4. The predicted octanol–water partition coefficient (Wildman–Crippen LogP) is -3.53. The SMILES string of the molecule is CCCCCC(=O)N[C@H](C(=O)N[C@@H](C)C(=O)NCC(=O)N[C@@H](C)C(=O)N[C@H](C(=O)N[C@@H](C)C(=O)N[C@@H](CCCCN)C(=O)N[C@H](C(=O)N[C@@H](C)C(=O)NCC(=O)N[C@@H](CCCCN)C(=O)N[C@H](C(=O)N[C@@H](C)C(=O)N[C@@H](CCCCN)C(=O)N[C@H](C(=O)N[C@@H](C)C(=O)NCC(=O)N[C@@H](C)C(=O)N[C@H](C(=O)N[C@@H](C)C(N)=O)[C@@H](C)CC)[C@@H](C)CC)[C@@H](C)CC)[C@@H](C)CC)[C@@H](C)CC)[C@@H](C)CC. The Morgan fingerprint density at radius 3 is 0.667 bits per heavy atom. The molecule has 0 rings (SSSR count). The molecule has 770 valence electrons. The zero-order chi connectivity index (χ0) is 103. The normalized spacial score (nSPS) is 16.3. The van der Waals surface area contributed by atoms with E-state index in [1.165, 1.54) is 55.4 Å². The lowest BCUT2D eigenvalue weighted by Gasteiger charge is -2.29. The number of carbonyl (C=O) groups excluding carboxylic acids is 21. The van der Waals surface area contributed by atoms with E-state index in [0.29, 0.717) is 83.5 Å². The minimum atomic E-state index is -1.36. The van der Waals surface area contributed by atoms with Crippen molar-refractivity contribution in [3.63, 3.8) is 0 Å². The molecule has 0 aromatic carbocycles. The lowest BCUT2D eigenvalue weighted by molar-refractivity contribution is -0.136. The molecule has 0 aromatic rings. The zero-order valence-electron chi connectivity index (χ0n) is 83.3. The van der Waals surface area contributed by atoms with Crippen molar-refractivity contribution in [3.05, 3.63) is 0 Å². The standard InChI is InChI=1S/C90H164N24O21/c1-22-29-30-40-64(115)109-68(47(8)23-2)85(130)101-54(15)75(120)95-44-65(116)99-58(19)81(126)111-70(49(10)25-4)87(132)104-59(20)78(123)107-62(38-32-35-42-92)83(128)114-72(51(12)27-6)89(134)103-56(17)77(122)97-46-67(118)106-61(37-31-34-41-91)82(127)112-73(52(13)28-7)90(135)105-60(21)79(124)108-63(39-33-36-43-93)84(129)113-71(50(11)26-5)88(133)102-55(16)76(121)96-45-66(117)98-57(18)80(125)110-69(48(9)24-3)86(131)100-53(14)74(94)119/h47-63,68-73H,22-46,91-93H2,1-21H3,(H2,94,119)(H,95,120)(H,96,121)(H,97,122)(H,98,117)(H,99,116)(H,100,131)(H,101,130)(H,102,133)(H,103,134)(H,104,132)(H,105,135)(H,106,118)(H,107,123)(H,108,124)(H,109,115)(H,110,125)(H,111,126)(H,112,127)(H,113,129)(H,114,128)/t47-,48-,49-,50-,51-,52-,53-,54-,55-,56-,57-,58-,59-,60-,61-,62-,63-,68-,69-,70-,71-,72-,73-/m0/s1. The average Bonchev–Trinajstić information content (AvgIpc) is 0.858. The van der Waals surface area contributed by atoms with Crippen LogP contribution in [0.1, 0.15) is 267 Å². The van der Waals surface area contributed by atoms with Gasteiger partial charge in [-0.1, -0.05) is 141 Å². The fourth-order valence-corrected chi connectivity index (χ4v) is 13.3. The number of rotatable bonds is 68. The Labute approximate surface area is 795 Å². The van der Waals surface area contributed by atoms with Crippen molar-refractivity contribution in [2.45, 2.75) is 370 Å². The van der Waals surface area contributed by atoms with Gasteiger partial charge >= 0.3 is 0 Å². The zero-order valence-corrected chi connectivity index (χ0v) is 83.3. The summed E-state index contributed by atoms with van der Waals surface area (Å²) in [6.07, 6.45) is 7.30. The minimum Gasteiger partial charge on any atom is -0.368 e. The highest BCUT2D eigenvalue weighted by Gasteiger charge is 2.40. The third kappa shape index (κ3) is 46.7. The van der Waals surface area contributed by atoms with Gasteiger partial charge in [-0.15, -0.1) is 0 Å². The molecule has 21 amide bonds. The van der Waals surface area contributed by atoms with E-state index in [1.807, 2.05) is 13.8 Å². The summed E-state index contributed by atoms with van der Waals surface area (Å²) >= 11 is 0. The van der Waals surface area contributed by atoms with Crippen molar-refractivity contribution in [1.29, 1.82) is 0 Å². The number of primary amides is 1. The van der Waals surface area contributed by atoms with Crippen LogP contribution in [0.3, 0.4) is 0 Å². The summed E-state index contributed by atoms with van der Waals surface area (Å²) in [6.45, 7) is 32.3. The first-order chi connectivity index (χ1) is 63.4. The van der Waals surface area contributed by atoms with Gasteiger partial charge in [0.15, 0.2) is 0 Å². The maximum absolute atomic E-state index is 14.3. The molecule has 28 N–H and O–H groups in total. The molecule has 0 spiro atoms. The summed E-state index contributed by atoms with van der Waals surface area (Å²) in [5, 5.41) is 51.5. The summed E-state index contributed by atoms with van der Waals surface area (Å²) in [6, 6.07) is -21.0. The number of amides is 21. The van der Waals surface area contributed by atoms with Crippen LogP contribution in [-0.4, -0.2) is 266 Å². The number of hydrogen-bond acceptors (Lipinski definition) is 24. The molecule has 0 saturated heterocycles. The monoisotopic (exact) mass is 1920 g/mol. The summed E-state index contributed by atoms with van der Waals surface area (Å²) in [7, 11) is 0. The summed E-state index contributed by atoms with van der Waals surface area (Å²) < 4.78 is 0. The second kappa shape index (κ2) is 66.2. The van der Waals surface area contributed by atoms with Crippen molar-refractivity contribution >= 4 is 124 Å². The van der Waals surface area contributed by atoms with E-state index in [2.05, 4.69) is 106 Å². The lowest BCUT2D eigenvalue weighted by Crippen LogP contribution is -2.61. The van der Waals surface area contributed by atoms with Crippen LogP contribution in [0, 0.1) is 35.5 Å². The molecule has 0 aliphatic heterocycles. The number of hydrogen-bond donors (Lipinski definition) is 24. The van der Waals surface area contributed by atoms with Crippen LogP contribution in [-0.2, 0) is 101 Å². The second-order valence-electron chi connectivity index (χ2n) is 35.4. The molecule has 0 unspecified atom stereocenters. The molecular weight excluding hydrogens is 1750 g/mol. The highest BCUT2D eigenvalue weighted by molar-refractivity contribution is 6.02. The molecule has 0 bridgehead atoms. The molecule has 0 aliphatic carbocycles. The van der Waals surface area contributed by atoms with Gasteiger partial charge in [0, 0.05) is 6.42 Å². The number of carbonyl (C=O) groups is 21. The van der Waals surface area contributed by atoms with E-state index in [-0.39, 0.29) is 63.1 Å². The molecule has 0 radical (unpaired) electrons. The smallest absolute Gasteiger partial charge is 0.243 e. The minimum absolute atomic E-state index is 0.00782. The van der Waals surface area contributed by atoms with Gasteiger partial charge in [0.05, 0.1) is 19.6 Å². The van der Waals surface area contributed by atoms with Crippen LogP contribution in [0.5, 0.6) is 0 Å². The highest BCUT2D eigenvalue weighted by Crippen LogP contribution is 2.18. The van der Waals surface area contributed by atoms with Gasteiger partial charge in [-0.2, -0.15) is 0 Å². The Morgan fingerprint density at radius 2 is 0.422 bits per heavy atom. The van der Waals surface area contributed by atoms with Crippen molar-refractivity contribution < 1.29 is 101 Å². The lowest BCUT2D eigenvalue weighted by atomic mass is 9.96. The van der Waals surface area contributed by atoms with Gasteiger partial charge in [0.1, 0.15) is 103 Å². The number of nitrogens with one attached hydrogen (secondary N) is 20. The van der Waals surface area contributed by atoms with Crippen molar-refractivity contribution in [2.24, 2.45) is 58.4 Å². The Kier molecular flexibility index (Phi) is 60.7. The fourth-order valence-electron chi connectivity index (χ4n) is 13.3. The predicted molar refractivity (Wildman–Crippen MR) is 506 cm³/mol. The van der Waals surface area contributed by atoms with Crippen LogP contribution in [0.4, 0.5) is 0 Å². The summed E-state index contributed by atoms with van der Waals surface area (Å²) in [5.74, 6) is -18.9. The van der Waals surface area contributed by atoms with Gasteiger partial charge in [-0.3, -0.25) is 101 Å². The van der Waals surface area contributed by atoms with Crippen LogP contribution >= 0.6 is 0 Å². The van der Waals surface area contributed by atoms with Crippen LogP contribution in [0.2, 0.25) is 0 Å². The molecule has 135 heavy (non-hydrogen) atoms. The number of unbranched alkanes of at least 4 members (excludes halogenated alkanes) is 5. The molecule has 0 saturated carbocycles. The molecule has 0 heterocycles. The average molecular weight is 1920 g/mol. The molecule has 23 atom stereocenters. The van der Waals surface area contributed by atoms with Crippen LogP contribution in [0.15, 0.2) is 0 Å². The van der Waals surface area contributed by atoms with E-state index in [0.717, 1.165) is 12.8 Å². The molecular formula is C90H164N24O21. The topological polar surface area (TPSA) is 703 Å². The van der Waals surface area contributed by atoms with E-state index >= 15 is 0 Å². The van der Waals surface area contributed by atoms with Crippen LogP contribution < -0.4 is 129 Å². The Bertz CT molecular complexity index is 3880. The van der Waals surface area contributed by atoms with Crippen molar-refractivity contribution in [3.8, 4) is 0 Å². The first kappa shape index (κ1) is 124. The largest absolute Gasteiger partial charge is 0.368 e. The Balaban J connectivity index is 6.28. The van der Waals surface area contributed by atoms with Crippen molar-refractivity contribution in [2.75, 3.05) is 39.3 Å². The van der Waals surface area contributed by atoms with Gasteiger partial charge in [0.25, 0.3) is 0 Å². The Hall–Kier alpha value is -11.2. The van der Waals surface area contributed by atoms with Gasteiger partial charge in [-0.25, -0.2) is 0 Å². The second-order valence-corrected chi connectivity index (χ2v) is 35.4. The van der Waals surface area contributed by atoms with E-state index in [9.17, 15) is 101 Å². The van der Waals surface area contributed by atoms with Gasteiger partial charge in [0.2, 0.25) is 124 Å². The Morgan fingerprint density at radius 1 is 0.207 bits per heavy atom. The molecule has 45 heteroatoms. The first-order valence-electron chi connectivity index (χ1n) is 47.8. The van der Waals surface area contributed by atoms with Gasteiger partial charge in [-0.05, 0) is 175 Å². The molecule has 0 fully saturated rings. The molecule has 45 nitrogen and oxygen atoms in total. The van der Waals surface area contributed by atoms with E-state index in [1.54, 1.807) is 76.2 Å². The van der Waals surface area contributed by atoms with E-state index in [4.69, 9.17) is 22.9 Å². The highest BCUT2D eigenvalue weighted by atomic mass is 16.2. The maximum Gasteiger partial charge on any atom is 0.243 e. The first-order valence-corrected chi connectivity index (χ1v) is 47.8. The summed E-state index contributed by atoms with van der Waals surface area (Å²) in [5.41, 5.74) is 22.7. The van der Waals surface area contributed by atoms with Gasteiger partial charge < -0.3 is 129 Å². The third-order valence-electron chi connectivity index (χ3n) is 23.9. The molecule has 0 aliphatic rings. The summed E-state index contributed by atoms with van der Waals surface area (Å²) in [4.78, 5) is 284. The van der Waals surface area contributed by atoms with E-state index < -0.39 is 264 Å². The third-order valence-corrected chi connectivity index (χ3v) is 23.9. The maximum atomic E-state index is 14.3. The quantitative estimate of drug-likeness (QED) is 0.0262.